The van der Waals surface area contributed by atoms with Crippen LogP contribution in [-0.4, -0.2) is 18.7 Å². The van der Waals surface area contributed by atoms with Crippen LogP contribution in [0.3, 0.4) is 0 Å². The Labute approximate surface area is 102 Å². The number of hydrogen-bond acceptors (Lipinski definition) is 3. The number of methoxy groups -OCH3 is 1. The Hall–Kier alpha value is -1.48. The molecule has 1 aromatic rings. The van der Waals surface area contributed by atoms with Crippen LogP contribution in [0.15, 0.2) is 24.3 Å². The third-order valence-corrected chi connectivity index (χ3v) is 2.56. The number of rotatable bonds is 6. The molecule has 0 aliphatic heterocycles. The van der Waals surface area contributed by atoms with E-state index in [1.165, 1.54) is 6.92 Å². The number of hydrogen-bond donors (Lipinski definition) is 0. The summed E-state index contributed by atoms with van der Waals surface area (Å²) in [6.45, 7) is 3.78. The maximum Gasteiger partial charge on any atom is 0.166 e. The highest BCUT2D eigenvalue weighted by atomic mass is 16.5. The molecule has 1 aromatic carbocycles. The molecule has 1 atom stereocenters. The molecule has 92 valence electrons. The Morgan fingerprint density at radius 2 is 2.06 bits per heavy atom. The standard InChI is InChI=1S/C14H18O3/c1-10(7-11(2)15)14(16)13-6-4-5-12(8-13)9-17-3/h4-6,8,10H,7,9H2,1-3H3. The minimum atomic E-state index is -0.259. The Bertz CT molecular complexity index is 410. The molecule has 0 aliphatic carbocycles. The van der Waals surface area contributed by atoms with Crippen molar-refractivity contribution in [3.63, 3.8) is 0 Å². The van der Waals surface area contributed by atoms with Gasteiger partial charge < -0.3 is 9.53 Å². The number of carbonyl (C=O) groups excluding carboxylic acids is 2. The van der Waals surface area contributed by atoms with Crippen LogP contribution in [0.2, 0.25) is 0 Å². The van der Waals surface area contributed by atoms with Crippen molar-refractivity contribution in [2.75, 3.05) is 7.11 Å². The number of ketones is 2. The molecule has 0 saturated carbocycles. The van der Waals surface area contributed by atoms with E-state index in [0.717, 1.165) is 5.56 Å². The summed E-state index contributed by atoms with van der Waals surface area (Å²) < 4.78 is 5.02. The van der Waals surface area contributed by atoms with E-state index in [1.807, 2.05) is 18.2 Å². The molecular formula is C14H18O3. The number of benzene rings is 1. The topological polar surface area (TPSA) is 43.4 Å². The van der Waals surface area contributed by atoms with Crippen LogP contribution in [0.5, 0.6) is 0 Å². The van der Waals surface area contributed by atoms with Gasteiger partial charge in [0.05, 0.1) is 6.61 Å². The molecule has 1 unspecified atom stereocenters. The molecular weight excluding hydrogens is 216 g/mol. The first-order valence-corrected chi connectivity index (χ1v) is 5.66. The Kier molecular flexibility index (Phi) is 5.04. The van der Waals surface area contributed by atoms with Crippen molar-refractivity contribution in [3.8, 4) is 0 Å². The maximum absolute atomic E-state index is 12.0. The van der Waals surface area contributed by atoms with Crippen LogP contribution in [0.1, 0.15) is 36.2 Å². The van der Waals surface area contributed by atoms with Crippen molar-refractivity contribution >= 4 is 11.6 Å². The minimum Gasteiger partial charge on any atom is -0.380 e. The quantitative estimate of drug-likeness (QED) is 0.711. The van der Waals surface area contributed by atoms with Gasteiger partial charge in [0.25, 0.3) is 0 Å². The van der Waals surface area contributed by atoms with Gasteiger partial charge in [-0.25, -0.2) is 0 Å². The third-order valence-electron chi connectivity index (χ3n) is 2.56. The fourth-order valence-electron chi connectivity index (χ4n) is 1.79. The minimum absolute atomic E-state index is 0.0122. The van der Waals surface area contributed by atoms with E-state index in [2.05, 4.69) is 0 Å². The normalized spacial score (nSPS) is 12.2. The zero-order valence-corrected chi connectivity index (χ0v) is 10.5. The van der Waals surface area contributed by atoms with Gasteiger partial charge in [-0.2, -0.15) is 0 Å². The summed E-state index contributed by atoms with van der Waals surface area (Å²) in [5, 5.41) is 0. The maximum atomic E-state index is 12.0. The summed E-state index contributed by atoms with van der Waals surface area (Å²) in [5.74, 6) is -0.206. The van der Waals surface area contributed by atoms with E-state index < -0.39 is 0 Å². The van der Waals surface area contributed by atoms with E-state index in [4.69, 9.17) is 4.74 Å². The molecule has 0 spiro atoms. The fraction of sp³-hybridized carbons (Fsp3) is 0.429. The highest BCUT2D eigenvalue weighted by molar-refractivity contribution is 5.99. The molecule has 0 radical (unpaired) electrons. The van der Waals surface area contributed by atoms with E-state index in [9.17, 15) is 9.59 Å². The van der Waals surface area contributed by atoms with Crippen molar-refractivity contribution in [1.82, 2.24) is 0 Å². The average molecular weight is 234 g/mol. The van der Waals surface area contributed by atoms with E-state index in [0.29, 0.717) is 18.6 Å². The van der Waals surface area contributed by atoms with Crippen LogP contribution >= 0.6 is 0 Å². The lowest BCUT2D eigenvalue weighted by Crippen LogP contribution is -2.14. The van der Waals surface area contributed by atoms with Gasteiger partial charge in [-0.1, -0.05) is 25.1 Å². The van der Waals surface area contributed by atoms with Crippen LogP contribution in [0, 0.1) is 5.92 Å². The number of carbonyl (C=O) groups is 2. The van der Waals surface area contributed by atoms with Gasteiger partial charge in [-0.15, -0.1) is 0 Å². The molecule has 0 bridgehead atoms. The van der Waals surface area contributed by atoms with Crippen molar-refractivity contribution in [1.29, 1.82) is 0 Å². The van der Waals surface area contributed by atoms with Gasteiger partial charge >= 0.3 is 0 Å². The zero-order valence-electron chi connectivity index (χ0n) is 10.5. The van der Waals surface area contributed by atoms with Gasteiger partial charge in [0, 0.05) is 25.0 Å². The SMILES string of the molecule is COCc1cccc(C(=O)C(C)CC(C)=O)c1. The highest BCUT2D eigenvalue weighted by Crippen LogP contribution is 2.14. The molecule has 0 heterocycles. The average Bonchev–Trinajstić information content (AvgIpc) is 2.28. The molecule has 3 heteroatoms. The van der Waals surface area contributed by atoms with Gasteiger partial charge in [0.15, 0.2) is 5.78 Å². The van der Waals surface area contributed by atoms with Crippen molar-refractivity contribution in [3.05, 3.63) is 35.4 Å². The van der Waals surface area contributed by atoms with Crippen molar-refractivity contribution in [2.45, 2.75) is 26.9 Å². The first kappa shape index (κ1) is 13.6. The summed E-state index contributed by atoms with van der Waals surface area (Å²) in [4.78, 5) is 23.0. The highest BCUT2D eigenvalue weighted by Gasteiger charge is 2.16. The molecule has 0 fully saturated rings. The molecule has 0 amide bonds. The Morgan fingerprint density at radius 3 is 2.65 bits per heavy atom. The van der Waals surface area contributed by atoms with Crippen LogP contribution in [0.25, 0.3) is 0 Å². The number of ether oxygens (including phenoxy) is 1. The predicted molar refractivity (Wildman–Crippen MR) is 65.9 cm³/mol. The van der Waals surface area contributed by atoms with Gasteiger partial charge in [-0.05, 0) is 18.6 Å². The van der Waals surface area contributed by atoms with E-state index >= 15 is 0 Å². The Morgan fingerprint density at radius 1 is 1.35 bits per heavy atom. The van der Waals surface area contributed by atoms with E-state index in [-0.39, 0.29) is 17.5 Å². The van der Waals surface area contributed by atoms with Crippen LogP contribution < -0.4 is 0 Å². The molecule has 0 aliphatic rings. The third kappa shape index (κ3) is 4.11. The summed E-state index contributed by atoms with van der Waals surface area (Å²) in [5.41, 5.74) is 1.61. The first-order valence-electron chi connectivity index (χ1n) is 5.66. The zero-order chi connectivity index (χ0) is 12.8. The summed E-state index contributed by atoms with van der Waals surface area (Å²) >= 11 is 0. The van der Waals surface area contributed by atoms with Gasteiger partial charge in [-0.3, -0.25) is 4.79 Å². The first-order chi connectivity index (χ1) is 8.04. The summed E-state index contributed by atoms with van der Waals surface area (Å²) in [6, 6.07) is 7.35. The summed E-state index contributed by atoms with van der Waals surface area (Å²) in [7, 11) is 1.62. The smallest absolute Gasteiger partial charge is 0.166 e. The van der Waals surface area contributed by atoms with Gasteiger partial charge in [0.1, 0.15) is 5.78 Å². The molecule has 0 N–H and O–H groups in total. The Balaban J connectivity index is 2.81. The fourth-order valence-corrected chi connectivity index (χ4v) is 1.79. The second kappa shape index (κ2) is 6.30. The molecule has 0 saturated heterocycles. The lowest BCUT2D eigenvalue weighted by molar-refractivity contribution is -0.117. The number of Topliss-reactive ketones (excluding diaryl/α,β-unsaturated/α-hetero) is 2. The second-order valence-electron chi connectivity index (χ2n) is 4.30. The van der Waals surface area contributed by atoms with Gasteiger partial charge in [0.2, 0.25) is 0 Å². The second-order valence-corrected chi connectivity index (χ2v) is 4.30. The van der Waals surface area contributed by atoms with Crippen molar-refractivity contribution in [2.24, 2.45) is 5.92 Å². The predicted octanol–water partition coefficient (Wildman–Crippen LogP) is 2.63. The molecule has 3 nitrogen and oxygen atoms in total. The van der Waals surface area contributed by atoms with E-state index in [1.54, 1.807) is 20.1 Å². The molecule has 1 rings (SSSR count). The molecule has 0 aromatic heterocycles. The lowest BCUT2D eigenvalue weighted by Gasteiger charge is -2.09. The monoisotopic (exact) mass is 234 g/mol. The van der Waals surface area contributed by atoms with Crippen LogP contribution in [0.4, 0.5) is 0 Å². The van der Waals surface area contributed by atoms with Crippen molar-refractivity contribution < 1.29 is 14.3 Å². The summed E-state index contributed by atoms with van der Waals surface area (Å²) in [6.07, 6.45) is 0.299. The lowest BCUT2D eigenvalue weighted by atomic mass is 9.94. The largest absolute Gasteiger partial charge is 0.380 e. The van der Waals surface area contributed by atoms with Crippen LogP contribution in [-0.2, 0) is 16.1 Å². The molecule has 17 heavy (non-hydrogen) atoms.